The molecule has 3 fully saturated rings. The van der Waals surface area contributed by atoms with Gasteiger partial charge in [-0.25, -0.2) is 4.79 Å². The van der Waals surface area contributed by atoms with Crippen LogP contribution in [0, 0.1) is 11.3 Å². The Kier molecular flexibility index (Phi) is 9.30. The fourth-order valence-electron chi connectivity index (χ4n) is 7.81. The minimum atomic E-state index is -2.25. The third-order valence-corrected chi connectivity index (χ3v) is 9.01. The van der Waals surface area contributed by atoms with Gasteiger partial charge in [0.05, 0.1) is 22.7 Å². The molecule has 14 nitrogen and oxygen atoms in total. The third-order valence-electron chi connectivity index (χ3n) is 9.01. The SMILES string of the molecule is CC(=O)OC[C@]12[C@H](OC(=O)c3ccccc3)C(OC(C)=O)[C@@H]3[C@@H](OC(C)=O)[C@]1(OC3(C)C)[C@@](C)(O)C[C@H](OC(C)=O)[C@@H]2OC(C)=O. The van der Waals surface area contributed by atoms with Crippen LogP contribution in [0.4, 0.5) is 0 Å². The molecular formula is C32H40O14. The Morgan fingerprint density at radius 3 is 1.80 bits per heavy atom. The number of rotatable bonds is 8. The molecule has 46 heavy (non-hydrogen) atoms. The molecule has 1 heterocycles. The number of esters is 6. The molecule has 1 aliphatic heterocycles. The van der Waals surface area contributed by atoms with Crippen LogP contribution >= 0.6 is 0 Å². The zero-order valence-electron chi connectivity index (χ0n) is 27.0. The highest BCUT2D eigenvalue weighted by Gasteiger charge is 2.89. The molecule has 1 saturated heterocycles. The number of ether oxygens (including phenoxy) is 7. The molecule has 0 radical (unpaired) electrons. The third kappa shape index (κ3) is 5.72. The summed E-state index contributed by atoms with van der Waals surface area (Å²) < 4.78 is 41.9. The van der Waals surface area contributed by atoms with E-state index in [0.717, 1.165) is 34.6 Å². The van der Waals surface area contributed by atoms with Crippen molar-refractivity contribution in [3.05, 3.63) is 35.9 Å². The number of hydrogen-bond donors (Lipinski definition) is 1. The molecule has 1 aromatic carbocycles. The summed E-state index contributed by atoms with van der Waals surface area (Å²) in [6.07, 6.45) is -8.28. The van der Waals surface area contributed by atoms with Gasteiger partial charge in [0.2, 0.25) is 0 Å². The van der Waals surface area contributed by atoms with Gasteiger partial charge in [0.25, 0.3) is 0 Å². The van der Waals surface area contributed by atoms with Crippen molar-refractivity contribution >= 4 is 35.8 Å². The fourth-order valence-corrected chi connectivity index (χ4v) is 7.81. The first-order valence-electron chi connectivity index (χ1n) is 14.8. The maximum absolute atomic E-state index is 13.8. The van der Waals surface area contributed by atoms with Crippen LogP contribution in [0.5, 0.6) is 0 Å². The summed E-state index contributed by atoms with van der Waals surface area (Å²) in [4.78, 5) is 77.1. The molecule has 14 heteroatoms. The second-order valence-corrected chi connectivity index (χ2v) is 12.7. The normalized spacial score (nSPS) is 35.5. The highest BCUT2D eigenvalue weighted by Crippen LogP contribution is 2.69. The number of benzene rings is 1. The van der Waals surface area contributed by atoms with Crippen molar-refractivity contribution in [3.8, 4) is 0 Å². The van der Waals surface area contributed by atoms with E-state index in [2.05, 4.69) is 0 Å². The van der Waals surface area contributed by atoms with Gasteiger partial charge in [-0.3, -0.25) is 24.0 Å². The average molecular weight is 649 g/mol. The van der Waals surface area contributed by atoms with Gasteiger partial charge in [0, 0.05) is 41.0 Å². The van der Waals surface area contributed by atoms with Gasteiger partial charge < -0.3 is 38.3 Å². The zero-order chi connectivity index (χ0) is 34.4. The van der Waals surface area contributed by atoms with Gasteiger partial charge in [0.1, 0.15) is 30.3 Å². The van der Waals surface area contributed by atoms with E-state index in [-0.39, 0.29) is 5.56 Å². The molecule has 2 bridgehead atoms. The summed E-state index contributed by atoms with van der Waals surface area (Å²) in [6, 6.07) is 7.80. The van der Waals surface area contributed by atoms with E-state index in [4.69, 9.17) is 33.2 Å². The standard InChI is InChI=1S/C32H40O14/c1-16(33)40-15-31-25(43-19(4)36)22(41-17(2)34)14-30(8,39)32(31)26(44-20(5)37)23(29(6,7)46-32)24(42-18(3)35)27(31)45-28(38)21-12-10-9-11-13-21/h9-13,22-27,39H,14-15H2,1-8H3/t22-,23+,24?,25-,26+,27+,30-,31-,32-/m0/s1. The van der Waals surface area contributed by atoms with Crippen molar-refractivity contribution in [2.45, 2.75) is 109 Å². The Hall–Kier alpha value is -4.04. The quantitative estimate of drug-likeness (QED) is 0.318. The van der Waals surface area contributed by atoms with Crippen LogP contribution in [0.2, 0.25) is 0 Å². The first kappa shape index (κ1) is 34.8. The van der Waals surface area contributed by atoms with E-state index in [0.29, 0.717) is 0 Å². The molecule has 9 atom stereocenters. The van der Waals surface area contributed by atoms with E-state index >= 15 is 0 Å². The molecule has 0 aromatic heterocycles. The van der Waals surface area contributed by atoms with Crippen molar-refractivity contribution in [1.29, 1.82) is 0 Å². The minimum absolute atomic E-state index is 0.0820. The summed E-state index contributed by atoms with van der Waals surface area (Å²) in [6.45, 7) is 9.26. The summed E-state index contributed by atoms with van der Waals surface area (Å²) in [7, 11) is 0. The summed E-state index contributed by atoms with van der Waals surface area (Å²) in [5.74, 6) is -6.19. The molecule has 0 amide bonds. The summed E-state index contributed by atoms with van der Waals surface area (Å²) in [5.41, 5.74) is -7.92. The summed E-state index contributed by atoms with van der Waals surface area (Å²) >= 11 is 0. The molecule has 3 aliphatic rings. The molecule has 1 unspecified atom stereocenters. The van der Waals surface area contributed by atoms with Crippen molar-refractivity contribution in [3.63, 3.8) is 0 Å². The Morgan fingerprint density at radius 2 is 1.28 bits per heavy atom. The highest BCUT2D eigenvalue weighted by molar-refractivity contribution is 5.89. The highest BCUT2D eigenvalue weighted by atomic mass is 16.7. The molecule has 1 spiro atoms. The largest absolute Gasteiger partial charge is 0.465 e. The summed E-state index contributed by atoms with van der Waals surface area (Å²) in [5, 5.41) is 12.5. The molecular weight excluding hydrogens is 608 g/mol. The van der Waals surface area contributed by atoms with E-state index in [1.54, 1.807) is 32.0 Å². The maximum Gasteiger partial charge on any atom is 0.338 e. The topological polar surface area (TPSA) is 187 Å². The Balaban J connectivity index is 2.18. The predicted molar refractivity (Wildman–Crippen MR) is 154 cm³/mol. The number of hydrogen-bond acceptors (Lipinski definition) is 14. The van der Waals surface area contributed by atoms with Gasteiger partial charge in [-0.1, -0.05) is 18.2 Å². The lowest BCUT2D eigenvalue weighted by Gasteiger charge is -2.66. The maximum atomic E-state index is 13.8. The van der Waals surface area contributed by atoms with Crippen molar-refractivity contribution in [2.75, 3.05) is 6.61 Å². The van der Waals surface area contributed by atoms with E-state index < -0.39 is 107 Å². The van der Waals surface area contributed by atoms with Gasteiger partial charge in [-0.15, -0.1) is 0 Å². The van der Waals surface area contributed by atoms with E-state index in [1.807, 2.05) is 0 Å². The van der Waals surface area contributed by atoms with Gasteiger partial charge >= 0.3 is 35.8 Å². The van der Waals surface area contributed by atoms with Gasteiger partial charge in [0.15, 0.2) is 17.8 Å². The molecule has 4 rings (SSSR count). The first-order chi connectivity index (χ1) is 21.3. The van der Waals surface area contributed by atoms with Crippen LogP contribution in [0.3, 0.4) is 0 Å². The molecule has 1 N–H and O–H groups in total. The number of fused-ring (bicyclic) bond motifs is 1. The minimum Gasteiger partial charge on any atom is -0.465 e. The Bertz CT molecular complexity index is 1400. The van der Waals surface area contributed by atoms with Crippen LogP contribution in [0.15, 0.2) is 30.3 Å². The molecule has 252 valence electrons. The van der Waals surface area contributed by atoms with Crippen LogP contribution in [0.25, 0.3) is 0 Å². The smallest absolute Gasteiger partial charge is 0.338 e. The van der Waals surface area contributed by atoms with Gasteiger partial charge in [-0.2, -0.15) is 0 Å². The zero-order valence-corrected chi connectivity index (χ0v) is 27.0. The average Bonchev–Trinajstić information content (AvgIpc) is 3.12. The monoisotopic (exact) mass is 648 g/mol. The van der Waals surface area contributed by atoms with Crippen molar-refractivity contribution in [1.82, 2.24) is 0 Å². The van der Waals surface area contributed by atoms with Crippen LogP contribution in [0.1, 0.15) is 72.2 Å². The first-order valence-corrected chi connectivity index (χ1v) is 14.8. The Labute approximate surface area is 265 Å². The van der Waals surface area contributed by atoms with Gasteiger partial charge in [-0.05, 0) is 32.9 Å². The predicted octanol–water partition coefficient (Wildman–Crippen LogP) is 1.82. The van der Waals surface area contributed by atoms with Crippen LogP contribution in [-0.2, 0) is 57.1 Å². The van der Waals surface area contributed by atoms with E-state index in [1.165, 1.54) is 19.1 Å². The lowest BCUT2D eigenvalue weighted by atomic mass is 9.45. The second kappa shape index (κ2) is 12.3. The van der Waals surface area contributed by atoms with Crippen molar-refractivity contribution < 1.29 is 67.0 Å². The fraction of sp³-hybridized carbons (Fsp3) is 0.625. The second-order valence-electron chi connectivity index (χ2n) is 12.7. The number of aliphatic hydroxyl groups is 1. The van der Waals surface area contributed by atoms with Crippen LogP contribution < -0.4 is 0 Å². The number of carbonyl (C=O) groups is 6. The molecule has 1 aromatic rings. The lowest BCUT2D eigenvalue weighted by Crippen LogP contribution is -2.85. The number of carbonyl (C=O) groups excluding carboxylic acids is 6. The Morgan fingerprint density at radius 1 is 0.739 bits per heavy atom. The van der Waals surface area contributed by atoms with E-state index in [9.17, 15) is 33.9 Å². The van der Waals surface area contributed by atoms with Crippen LogP contribution in [-0.4, -0.2) is 94.9 Å². The lowest BCUT2D eigenvalue weighted by molar-refractivity contribution is -0.363. The molecule has 2 saturated carbocycles. The van der Waals surface area contributed by atoms with Crippen molar-refractivity contribution in [2.24, 2.45) is 11.3 Å². The molecule has 2 aliphatic carbocycles.